The number of nitrogens with two attached hydrogens (primary N) is 2. The maximum atomic E-state index is 11.8. The lowest BCUT2D eigenvalue weighted by molar-refractivity contribution is 0.398. The molecule has 6 heteroatoms. The van der Waals surface area contributed by atoms with Gasteiger partial charge in [0, 0.05) is 30.4 Å². The van der Waals surface area contributed by atoms with E-state index in [-0.39, 0.29) is 0 Å². The molecule has 0 saturated heterocycles. The van der Waals surface area contributed by atoms with Gasteiger partial charge in [-0.1, -0.05) is 66.2 Å². The predicted molar refractivity (Wildman–Crippen MR) is 120 cm³/mol. The number of aromatic nitrogens is 2. The molecule has 1 aromatic heterocycles. The summed E-state index contributed by atoms with van der Waals surface area (Å²) in [5.41, 5.74) is 15.3. The average Bonchev–Trinajstić information content (AvgIpc) is 3.11. The van der Waals surface area contributed by atoms with Gasteiger partial charge < -0.3 is 16.0 Å². The molecular weight excluding hydrogens is 374 g/mol. The van der Waals surface area contributed by atoms with Gasteiger partial charge in [0.25, 0.3) is 0 Å². The van der Waals surface area contributed by atoms with Crippen LogP contribution in [0.4, 0.5) is 0 Å². The number of rotatable bonds is 7. The first-order chi connectivity index (χ1) is 14.6. The summed E-state index contributed by atoms with van der Waals surface area (Å²) in [6, 6.07) is 17.5. The molecule has 30 heavy (non-hydrogen) atoms. The molecule has 4 rings (SSSR count). The standard InChI is InChI=1S/C24H27N5O/c1-24(28-30,19-8-3-2-4-9-19)20-12-10-17(11-13-20)22-21(16-26)29(15-14-25)23(27-22)18-6-5-7-18/h2-4,8-15,18H,5-7,16,25-26H2,1H3/b15-14-. The van der Waals surface area contributed by atoms with Gasteiger partial charge in [-0.25, -0.2) is 4.98 Å². The minimum atomic E-state index is -0.949. The van der Waals surface area contributed by atoms with Crippen molar-refractivity contribution < 1.29 is 0 Å². The molecule has 2 aromatic carbocycles. The molecule has 1 aliphatic carbocycles. The van der Waals surface area contributed by atoms with Gasteiger partial charge >= 0.3 is 0 Å². The first-order valence-corrected chi connectivity index (χ1v) is 10.3. The largest absolute Gasteiger partial charge is 0.403 e. The number of nitroso groups, excluding NO2 is 1. The Morgan fingerprint density at radius 1 is 1.13 bits per heavy atom. The van der Waals surface area contributed by atoms with Crippen LogP contribution in [0.5, 0.6) is 0 Å². The van der Waals surface area contributed by atoms with Crippen LogP contribution < -0.4 is 11.5 Å². The van der Waals surface area contributed by atoms with E-state index in [0.717, 1.165) is 46.7 Å². The van der Waals surface area contributed by atoms with Crippen LogP contribution >= 0.6 is 0 Å². The van der Waals surface area contributed by atoms with E-state index in [9.17, 15) is 4.91 Å². The smallest absolute Gasteiger partial charge is 0.150 e. The van der Waals surface area contributed by atoms with Crippen LogP contribution in [-0.4, -0.2) is 9.55 Å². The van der Waals surface area contributed by atoms with Crippen molar-refractivity contribution in [3.63, 3.8) is 0 Å². The summed E-state index contributed by atoms with van der Waals surface area (Å²) in [5, 5.41) is 3.47. The Balaban J connectivity index is 1.75. The number of hydrogen-bond donors (Lipinski definition) is 2. The minimum absolute atomic E-state index is 0.360. The van der Waals surface area contributed by atoms with E-state index in [4.69, 9.17) is 16.5 Å². The van der Waals surface area contributed by atoms with E-state index in [2.05, 4.69) is 5.18 Å². The molecule has 0 aliphatic heterocycles. The molecule has 1 saturated carbocycles. The maximum absolute atomic E-state index is 11.8. The van der Waals surface area contributed by atoms with Gasteiger partial charge in [-0.15, -0.1) is 4.91 Å². The number of benzene rings is 2. The summed E-state index contributed by atoms with van der Waals surface area (Å²) in [5.74, 6) is 1.46. The fraction of sp³-hybridized carbons (Fsp3) is 0.292. The molecule has 1 aliphatic rings. The third kappa shape index (κ3) is 3.33. The lowest BCUT2D eigenvalue weighted by atomic mass is 9.85. The topological polar surface area (TPSA) is 99.3 Å². The third-order valence-electron chi connectivity index (χ3n) is 6.18. The second kappa shape index (κ2) is 8.24. The summed E-state index contributed by atoms with van der Waals surface area (Å²) < 4.78 is 2.04. The fourth-order valence-electron chi connectivity index (χ4n) is 4.11. The van der Waals surface area contributed by atoms with E-state index >= 15 is 0 Å². The zero-order valence-electron chi connectivity index (χ0n) is 17.2. The molecular formula is C24H27N5O. The molecule has 154 valence electrons. The number of imidazole rings is 1. The van der Waals surface area contributed by atoms with Crippen LogP contribution in [0.15, 0.2) is 66.0 Å². The molecule has 0 radical (unpaired) electrons. The lowest BCUT2D eigenvalue weighted by Gasteiger charge is -2.24. The Kier molecular flexibility index (Phi) is 5.50. The van der Waals surface area contributed by atoms with Crippen LogP contribution in [0.1, 0.15) is 54.7 Å². The van der Waals surface area contributed by atoms with E-state index in [1.807, 2.05) is 72.3 Å². The molecule has 1 atom stereocenters. The summed E-state index contributed by atoms with van der Waals surface area (Å²) in [6.45, 7) is 2.20. The van der Waals surface area contributed by atoms with Crippen LogP contribution in [-0.2, 0) is 12.1 Å². The summed E-state index contributed by atoms with van der Waals surface area (Å²) in [7, 11) is 0. The Bertz CT molecular complexity index is 1050. The van der Waals surface area contributed by atoms with Crippen molar-refractivity contribution in [2.24, 2.45) is 16.6 Å². The van der Waals surface area contributed by atoms with Gasteiger partial charge in [-0.3, -0.25) is 0 Å². The van der Waals surface area contributed by atoms with Crippen LogP contribution in [0, 0.1) is 4.91 Å². The minimum Gasteiger partial charge on any atom is -0.403 e. The van der Waals surface area contributed by atoms with Gasteiger partial charge in [0.1, 0.15) is 11.4 Å². The number of nitrogens with zero attached hydrogens (tertiary/aromatic N) is 3. The van der Waals surface area contributed by atoms with Crippen molar-refractivity contribution in [1.82, 2.24) is 9.55 Å². The van der Waals surface area contributed by atoms with Gasteiger partial charge in [0.05, 0.1) is 11.4 Å². The van der Waals surface area contributed by atoms with Crippen molar-refractivity contribution in [1.29, 1.82) is 0 Å². The normalized spacial score (nSPS) is 16.3. The van der Waals surface area contributed by atoms with E-state index < -0.39 is 5.54 Å². The molecule has 1 heterocycles. The average molecular weight is 402 g/mol. The molecule has 6 nitrogen and oxygen atoms in total. The molecule has 4 N–H and O–H groups in total. The monoisotopic (exact) mass is 401 g/mol. The quantitative estimate of drug-likeness (QED) is 0.561. The highest BCUT2D eigenvalue weighted by Gasteiger charge is 2.31. The third-order valence-corrected chi connectivity index (χ3v) is 6.18. The Morgan fingerprint density at radius 3 is 2.33 bits per heavy atom. The van der Waals surface area contributed by atoms with Crippen molar-refractivity contribution in [3.05, 3.63) is 88.3 Å². The van der Waals surface area contributed by atoms with E-state index in [1.54, 1.807) is 0 Å². The summed E-state index contributed by atoms with van der Waals surface area (Å²) in [4.78, 5) is 16.8. The predicted octanol–water partition coefficient (Wildman–Crippen LogP) is 4.69. The lowest BCUT2D eigenvalue weighted by Crippen LogP contribution is -2.20. The van der Waals surface area contributed by atoms with E-state index in [1.165, 1.54) is 12.6 Å². The molecule has 0 spiro atoms. The van der Waals surface area contributed by atoms with Crippen molar-refractivity contribution >= 4 is 6.20 Å². The van der Waals surface area contributed by atoms with Crippen molar-refractivity contribution in [2.45, 2.75) is 44.2 Å². The summed E-state index contributed by atoms with van der Waals surface area (Å²) >= 11 is 0. The second-order valence-corrected chi connectivity index (χ2v) is 7.92. The Morgan fingerprint density at radius 2 is 1.80 bits per heavy atom. The van der Waals surface area contributed by atoms with Gasteiger partial charge in [-0.05, 0) is 30.9 Å². The molecule has 0 bridgehead atoms. The Hall–Kier alpha value is -3.25. The van der Waals surface area contributed by atoms with Gasteiger partial charge in [0.15, 0.2) is 0 Å². The SMILES string of the molecule is CC(N=O)(c1ccccc1)c1ccc(-c2nc(C3CCC3)n(/C=C\N)c2CN)cc1. The van der Waals surface area contributed by atoms with Crippen LogP contribution in [0.2, 0.25) is 0 Å². The highest BCUT2D eigenvalue weighted by molar-refractivity contribution is 5.65. The van der Waals surface area contributed by atoms with Gasteiger partial charge in [0.2, 0.25) is 0 Å². The van der Waals surface area contributed by atoms with Crippen molar-refractivity contribution in [2.75, 3.05) is 0 Å². The molecule has 3 aromatic rings. The zero-order chi connectivity index (χ0) is 21.1. The number of hydrogen-bond acceptors (Lipinski definition) is 5. The Labute approximate surface area is 176 Å². The molecule has 1 fully saturated rings. The maximum Gasteiger partial charge on any atom is 0.150 e. The zero-order valence-corrected chi connectivity index (χ0v) is 17.2. The first-order valence-electron chi connectivity index (χ1n) is 10.3. The van der Waals surface area contributed by atoms with Gasteiger partial charge in [-0.2, -0.15) is 0 Å². The highest BCUT2D eigenvalue weighted by Crippen LogP contribution is 2.39. The molecule has 0 amide bonds. The van der Waals surface area contributed by atoms with Crippen LogP contribution in [0.25, 0.3) is 17.5 Å². The highest BCUT2D eigenvalue weighted by atomic mass is 16.3. The molecule has 1 unspecified atom stereocenters. The fourth-order valence-corrected chi connectivity index (χ4v) is 4.11. The second-order valence-electron chi connectivity index (χ2n) is 7.92. The first kappa shape index (κ1) is 20.0. The van der Waals surface area contributed by atoms with E-state index in [0.29, 0.717) is 12.5 Å². The van der Waals surface area contributed by atoms with Crippen LogP contribution in [0.3, 0.4) is 0 Å². The van der Waals surface area contributed by atoms with Crippen molar-refractivity contribution in [3.8, 4) is 11.3 Å². The summed E-state index contributed by atoms with van der Waals surface area (Å²) in [6.07, 6.45) is 6.86.